The molecule has 0 bridgehead atoms. The zero-order valence-corrected chi connectivity index (χ0v) is 15.4. The molecule has 0 heterocycles. The Hall–Kier alpha value is -0.140. The first-order chi connectivity index (χ1) is 10.1. The van der Waals surface area contributed by atoms with E-state index >= 15 is 0 Å². The van der Waals surface area contributed by atoms with Gasteiger partial charge >= 0.3 is 0 Å². The van der Waals surface area contributed by atoms with Gasteiger partial charge in [0, 0.05) is 16.5 Å². The predicted octanol–water partition coefficient (Wildman–Crippen LogP) is 5.92. The molecule has 0 saturated heterocycles. The minimum Gasteiger partial charge on any atom is -0.346 e. The normalized spacial score (nSPS) is 13.8. The van der Waals surface area contributed by atoms with Gasteiger partial charge in [0.2, 0.25) is 0 Å². The summed E-state index contributed by atoms with van der Waals surface area (Å²) >= 11 is 11.9. The van der Waals surface area contributed by atoms with Gasteiger partial charge in [-0.25, -0.2) is 0 Å². The van der Waals surface area contributed by atoms with Crippen LogP contribution in [0.2, 0.25) is 5.02 Å². The molecule has 0 N–H and O–H groups in total. The van der Waals surface area contributed by atoms with Gasteiger partial charge in [0.15, 0.2) is 0 Å². The van der Waals surface area contributed by atoms with Crippen LogP contribution in [0, 0.1) is 0 Å². The molecule has 1 rings (SSSR count). The molecule has 21 heavy (non-hydrogen) atoms. The van der Waals surface area contributed by atoms with Crippen LogP contribution in [0.3, 0.4) is 0 Å². The van der Waals surface area contributed by atoms with Crippen molar-refractivity contribution in [3.05, 3.63) is 41.9 Å². The molecule has 0 aliphatic rings. The van der Waals surface area contributed by atoms with E-state index in [1.54, 1.807) is 0 Å². The number of unbranched alkanes of at least 4 members (excludes halogenated alkanes) is 4. The summed E-state index contributed by atoms with van der Waals surface area (Å²) in [6.07, 6.45) is 7.80. The Bertz CT molecular complexity index is 458. The molecule has 0 radical (unpaired) electrons. The van der Waals surface area contributed by atoms with Crippen LogP contribution in [0.1, 0.15) is 45.4 Å². The van der Waals surface area contributed by atoms with E-state index < -0.39 is 6.26 Å². The van der Waals surface area contributed by atoms with Gasteiger partial charge in [-0.1, -0.05) is 67.8 Å². The van der Waals surface area contributed by atoms with E-state index in [4.69, 9.17) is 27.9 Å². The average molecular weight is 345 g/mol. The SMILES string of the molecule is C=CCCCP(=S)(OCCCCCC)c1ccc(Cl)cc1. The summed E-state index contributed by atoms with van der Waals surface area (Å²) in [6.45, 7) is 6.77. The van der Waals surface area contributed by atoms with E-state index in [2.05, 4.69) is 13.5 Å². The third-order valence-corrected chi connectivity index (χ3v) is 7.72. The molecule has 0 amide bonds. The number of allylic oxidation sites excluding steroid dienone is 1. The smallest absolute Gasteiger partial charge is 0.0947 e. The lowest BCUT2D eigenvalue weighted by Gasteiger charge is -2.23. The maximum Gasteiger partial charge on any atom is 0.0947 e. The molecule has 1 nitrogen and oxygen atoms in total. The summed E-state index contributed by atoms with van der Waals surface area (Å²) in [7, 11) is 0. The summed E-state index contributed by atoms with van der Waals surface area (Å²) in [6, 6.07) is 7.88. The first kappa shape index (κ1) is 18.9. The van der Waals surface area contributed by atoms with Crippen LogP contribution in [0.25, 0.3) is 0 Å². The van der Waals surface area contributed by atoms with E-state index in [-0.39, 0.29) is 0 Å². The lowest BCUT2D eigenvalue weighted by molar-refractivity contribution is 0.338. The molecule has 1 aromatic carbocycles. The Morgan fingerprint density at radius 1 is 1.19 bits per heavy atom. The van der Waals surface area contributed by atoms with Gasteiger partial charge in [-0.2, -0.15) is 0 Å². The van der Waals surface area contributed by atoms with E-state index in [1.807, 2.05) is 30.3 Å². The Morgan fingerprint density at radius 3 is 2.52 bits per heavy atom. The van der Waals surface area contributed by atoms with Crippen LogP contribution in [-0.4, -0.2) is 12.8 Å². The van der Waals surface area contributed by atoms with Gasteiger partial charge in [0.1, 0.15) is 0 Å². The van der Waals surface area contributed by atoms with Gasteiger partial charge in [-0.15, -0.1) is 6.58 Å². The number of hydrogen-bond donors (Lipinski definition) is 0. The second-order valence-electron chi connectivity index (χ2n) is 5.20. The molecular formula is C17H26ClOPS. The molecule has 0 fully saturated rings. The van der Waals surface area contributed by atoms with Crippen molar-refractivity contribution in [3.8, 4) is 0 Å². The molecule has 1 unspecified atom stereocenters. The van der Waals surface area contributed by atoms with Crippen molar-refractivity contribution < 1.29 is 4.52 Å². The minimum absolute atomic E-state index is 0.745. The molecule has 0 aliphatic carbocycles. The summed E-state index contributed by atoms with van der Waals surface area (Å²) in [4.78, 5) is 0. The van der Waals surface area contributed by atoms with Crippen molar-refractivity contribution in [1.29, 1.82) is 0 Å². The van der Waals surface area contributed by atoms with Gasteiger partial charge in [0.05, 0.1) is 12.9 Å². The first-order valence-corrected chi connectivity index (χ1v) is 11.0. The Labute approximate surface area is 139 Å². The van der Waals surface area contributed by atoms with Crippen molar-refractivity contribution in [1.82, 2.24) is 0 Å². The molecule has 0 spiro atoms. The van der Waals surface area contributed by atoms with E-state index in [0.29, 0.717) is 0 Å². The molecule has 4 heteroatoms. The van der Waals surface area contributed by atoms with Crippen LogP contribution >= 0.6 is 17.9 Å². The first-order valence-electron chi connectivity index (χ1n) is 7.73. The van der Waals surface area contributed by atoms with Crippen molar-refractivity contribution in [2.24, 2.45) is 0 Å². The molecule has 0 saturated carbocycles. The zero-order chi connectivity index (χ0) is 15.6. The summed E-state index contributed by atoms with van der Waals surface area (Å²) in [5.41, 5.74) is 0. The molecule has 118 valence electrons. The second-order valence-corrected chi connectivity index (χ2v) is 9.97. The van der Waals surface area contributed by atoms with Crippen LogP contribution in [0.4, 0.5) is 0 Å². The minimum atomic E-state index is -1.94. The topological polar surface area (TPSA) is 9.23 Å². The molecule has 0 aromatic heterocycles. The largest absolute Gasteiger partial charge is 0.346 e. The standard InChI is InChI=1S/C17H26ClOPS/c1-3-5-7-8-14-19-20(21,15-9-6-4-2)17-12-10-16(18)11-13-17/h4,10-13H,2-3,5-9,14-15H2,1H3. The maximum absolute atomic E-state index is 6.20. The van der Waals surface area contributed by atoms with Crippen LogP contribution in [0.15, 0.2) is 36.9 Å². The highest BCUT2D eigenvalue weighted by Gasteiger charge is 2.20. The monoisotopic (exact) mass is 344 g/mol. The Kier molecular flexibility index (Phi) is 9.51. The van der Waals surface area contributed by atoms with Crippen LogP contribution in [0.5, 0.6) is 0 Å². The second kappa shape index (κ2) is 10.6. The van der Waals surface area contributed by atoms with Gasteiger partial charge in [-0.3, -0.25) is 0 Å². The fourth-order valence-corrected chi connectivity index (χ4v) is 5.39. The lowest BCUT2D eigenvalue weighted by Crippen LogP contribution is -2.11. The molecular weight excluding hydrogens is 319 g/mol. The summed E-state index contributed by atoms with van der Waals surface area (Å²) < 4.78 is 6.20. The predicted molar refractivity (Wildman–Crippen MR) is 99.8 cm³/mol. The number of rotatable bonds is 11. The number of hydrogen-bond acceptors (Lipinski definition) is 2. The molecule has 1 aromatic rings. The van der Waals surface area contributed by atoms with Crippen molar-refractivity contribution in [2.45, 2.75) is 45.4 Å². The van der Waals surface area contributed by atoms with E-state index in [9.17, 15) is 0 Å². The highest BCUT2D eigenvalue weighted by molar-refractivity contribution is 8.15. The van der Waals surface area contributed by atoms with Gasteiger partial charge in [0.25, 0.3) is 0 Å². The van der Waals surface area contributed by atoms with E-state index in [1.165, 1.54) is 19.3 Å². The average Bonchev–Trinajstić information content (AvgIpc) is 2.48. The fourth-order valence-electron chi connectivity index (χ4n) is 2.12. The summed E-state index contributed by atoms with van der Waals surface area (Å²) in [5.74, 6) is 0. The molecule has 1 atom stereocenters. The van der Waals surface area contributed by atoms with Gasteiger partial charge < -0.3 is 4.52 Å². The highest BCUT2D eigenvalue weighted by atomic mass is 35.5. The Morgan fingerprint density at radius 2 is 1.90 bits per heavy atom. The highest BCUT2D eigenvalue weighted by Crippen LogP contribution is 2.47. The van der Waals surface area contributed by atoms with Gasteiger partial charge in [-0.05, 0) is 31.4 Å². The third kappa shape index (κ3) is 7.10. The molecule has 0 aliphatic heterocycles. The van der Waals surface area contributed by atoms with Crippen LogP contribution < -0.4 is 5.30 Å². The number of halogens is 1. The number of benzene rings is 1. The summed E-state index contributed by atoms with van der Waals surface area (Å²) in [5, 5.41) is 1.88. The zero-order valence-electron chi connectivity index (χ0n) is 12.9. The van der Waals surface area contributed by atoms with Crippen LogP contribution in [-0.2, 0) is 16.3 Å². The van der Waals surface area contributed by atoms with Crippen molar-refractivity contribution in [3.63, 3.8) is 0 Å². The van der Waals surface area contributed by atoms with Crippen molar-refractivity contribution in [2.75, 3.05) is 12.8 Å². The third-order valence-electron chi connectivity index (χ3n) is 3.38. The lowest BCUT2D eigenvalue weighted by atomic mass is 10.2. The quantitative estimate of drug-likeness (QED) is 0.280. The fraction of sp³-hybridized carbons (Fsp3) is 0.529. The Balaban J connectivity index is 2.67. The van der Waals surface area contributed by atoms with Crippen molar-refractivity contribution >= 4 is 35.0 Å². The maximum atomic E-state index is 6.20. The van der Waals surface area contributed by atoms with E-state index in [0.717, 1.165) is 42.4 Å².